The molecule has 1 aromatic rings. The first kappa shape index (κ1) is 19.8. The maximum absolute atomic E-state index is 12.1. The van der Waals surface area contributed by atoms with Gasteiger partial charge in [-0.3, -0.25) is 0 Å². The van der Waals surface area contributed by atoms with Gasteiger partial charge in [0.2, 0.25) is 10.0 Å². The van der Waals surface area contributed by atoms with Crippen molar-refractivity contribution in [2.24, 2.45) is 0 Å². The molecule has 0 amide bonds. The molecule has 1 aromatic carbocycles. The van der Waals surface area contributed by atoms with Crippen LogP contribution in [-0.4, -0.2) is 41.8 Å². The number of nitrogens with one attached hydrogen (secondary N) is 2. The van der Waals surface area contributed by atoms with E-state index in [9.17, 15) is 8.42 Å². The lowest BCUT2D eigenvalue weighted by Gasteiger charge is -2.10. The van der Waals surface area contributed by atoms with E-state index in [1.54, 1.807) is 26.2 Å². The molecule has 8 heteroatoms. The first-order chi connectivity index (χ1) is 8.99. The molecule has 0 unspecified atom stereocenters. The average Bonchev–Trinajstić information content (AvgIpc) is 2.36. The summed E-state index contributed by atoms with van der Waals surface area (Å²) >= 11 is 3.33. The zero-order valence-electron chi connectivity index (χ0n) is 11.5. The highest BCUT2D eigenvalue weighted by Gasteiger charge is 2.16. The van der Waals surface area contributed by atoms with Crippen LogP contribution in [0.5, 0.6) is 0 Å². The lowest BCUT2D eigenvalue weighted by atomic mass is 10.2. The maximum Gasteiger partial charge on any atom is 0.240 e. The zero-order valence-corrected chi connectivity index (χ0v) is 14.7. The van der Waals surface area contributed by atoms with E-state index in [4.69, 9.17) is 4.74 Å². The minimum absolute atomic E-state index is 0. The van der Waals surface area contributed by atoms with Gasteiger partial charge in [0.25, 0.3) is 0 Å². The van der Waals surface area contributed by atoms with Crippen LogP contribution in [0.15, 0.2) is 27.6 Å². The minimum atomic E-state index is -3.46. The summed E-state index contributed by atoms with van der Waals surface area (Å²) in [5, 5.41) is 3.08. The molecule has 0 aliphatic carbocycles. The summed E-state index contributed by atoms with van der Waals surface area (Å²) < 4.78 is 32.5. The van der Waals surface area contributed by atoms with Gasteiger partial charge in [-0.1, -0.05) is 22.0 Å². The largest absolute Gasteiger partial charge is 0.383 e. The van der Waals surface area contributed by atoms with Gasteiger partial charge in [-0.15, -0.1) is 12.4 Å². The zero-order chi connectivity index (χ0) is 14.3. The van der Waals surface area contributed by atoms with E-state index < -0.39 is 10.0 Å². The third kappa shape index (κ3) is 6.07. The number of benzene rings is 1. The monoisotopic (exact) mass is 386 g/mol. The van der Waals surface area contributed by atoms with Crippen LogP contribution < -0.4 is 10.0 Å². The second kappa shape index (κ2) is 9.70. The third-order valence-corrected chi connectivity index (χ3v) is 5.05. The summed E-state index contributed by atoms with van der Waals surface area (Å²) in [4.78, 5) is 0.304. The van der Waals surface area contributed by atoms with Crippen molar-refractivity contribution in [3.8, 4) is 0 Å². The van der Waals surface area contributed by atoms with Gasteiger partial charge in [-0.05, 0) is 24.6 Å². The fraction of sp³-hybridized carbons (Fsp3) is 0.500. The lowest BCUT2D eigenvalue weighted by Crippen LogP contribution is -2.33. The molecule has 0 aromatic heterocycles. The molecule has 0 fully saturated rings. The van der Waals surface area contributed by atoms with Crippen molar-refractivity contribution in [1.82, 2.24) is 10.0 Å². The smallest absolute Gasteiger partial charge is 0.240 e. The second-order valence-corrected chi connectivity index (χ2v) is 6.59. The maximum atomic E-state index is 12.1. The summed E-state index contributed by atoms with van der Waals surface area (Å²) in [6.45, 7) is 3.99. The molecule has 0 radical (unpaired) electrons. The van der Waals surface area contributed by atoms with Crippen LogP contribution in [0.3, 0.4) is 0 Å². The summed E-state index contributed by atoms with van der Waals surface area (Å²) in [6, 6.07) is 5.13. The summed E-state index contributed by atoms with van der Waals surface area (Å²) in [6.07, 6.45) is 0. The minimum Gasteiger partial charge on any atom is -0.383 e. The van der Waals surface area contributed by atoms with Crippen LogP contribution in [-0.2, 0) is 14.8 Å². The Hall–Kier alpha value is -0.180. The number of ether oxygens (including phenoxy) is 1. The van der Waals surface area contributed by atoms with Crippen molar-refractivity contribution in [3.63, 3.8) is 0 Å². The number of halogens is 2. The quantitative estimate of drug-likeness (QED) is 0.666. The van der Waals surface area contributed by atoms with E-state index in [1.165, 1.54) is 0 Å². The Morgan fingerprint density at radius 2 is 1.95 bits per heavy atom. The van der Waals surface area contributed by atoms with E-state index in [-0.39, 0.29) is 12.4 Å². The first-order valence-corrected chi connectivity index (χ1v) is 8.21. The average molecular weight is 388 g/mol. The normalized spacial score (nSPS) is 11.2. The van der Waals surface area contributed by atoms with Gasteiger partial charge >= 0.3 is 0 Å². The molecule has 0 saturated carbocycles. The molecule has 0 bridgehead atoms. The Morgan fingerprint density at radius 3 is 2.60 bits per heavy atom. The van der Waals surface area contributed by atoms with E-state index >= 15 is 0 Å². The van der Waals surface area contributed by atoms with Gasteiger partial charge in [-0.2, -0.15) is 0 Å². The highest BCUT2D eigenvalue weighted by molar-refractivity contribution is 9.10. The van der Waals surface area contributed by atoms with E-state index in [0.717, 1.165) is 4.47 Å². The van der Waals surface area contributed by atoms with Crippen LogP contribution in [0.25, 0.3) is 0 Å². The van der Waals surface area contributed by atoms with Crippen molar-refractivity contribution in [2.75, 3.05) is 33.4 Å². The number of hydrogen-bond acceptors (Lipinski definition) is 4. The molecule has 0 heterocycles. The van der Waals surface area contributed by atoms with Gasteiger partial charge in [-0.25, -0.2) is 13.1 Å². The Bertz CT molecular complexity index is 511. The van der Waals surface area contributed by atoms with E-state index in [1.807, 2.05) is 6.07 Å². The molecular weight excluding hydrogens is 368 g/mol. The lowest BCUT2D eigenvalue weighted by molar-refractivity contribution is 0.199. The molecule has 0 atom stereocenters. The fourth-order valence-corrected chi connectivity index (χ4v) is 3.32. The van der Waals surface area contributed by atoms with Crippen LogP contribution in [0.2, 0.25) is 0 Å². The van der Waals surface area contributed by atoms with Gasteiger partial charge in [0.15, 0.2) is 0 Å². The molecule has 0 aliphatic rings. The Morgan fingerprint density at radius 1 is 1.25 bits per heavy atom. The van der Waals surface area contributed by atoms with Gasteiger partial charge in [0.05, 0.1) is 11.5 Å². The van der Waals surface area contributed by atoms with Crippen LogP contribution >= 0.6 is 28.3 Å². The molecule has 0 aliphatic heterocycles. The van der Waals surface area contributed by atoms with Gasteiger partial charge < -0.3 is 10.1 Å². The van der Waals surface area contributed by atoms with Gasteiger partial charge in [0.1, 0.15) is 0 Å². The molecule has 1 rings (SSSR count). The van der Waals surface area contributed by atoms with Gasteiger partial charge in [0, 0.05) is 31.2 Å². The number of hydrogen-bond donors (Lipinski definition) is 2. The summed E-state index contributed by atoms with van der Waals surface area (Å²) in [5.74, 6) is 0. The van der Waals surface area contributed by atoms with E-state index in [2.05, 4.69) is 26.0 Å². The predicted molar refractivity (Wildman–Crippen MR) is 86.1 cm³/mol. The van der Waals surface area contributed by atoms with Crippen molar-refractivity contribution >= 4 is 38.4 Å². The van der Waals surface area contributed by atoms with E-state index in [0.29, 0.717) is 36.7 Å². The highest BCUT2D eigenvalue weighted by Crippen LogP contribution is 2.22. The number of rotatable bonds is 8. The molecule has 20 heavy (non-hydrogen) atoms. The Kier molecular flexibility index (Phi) is 9.61. The van der Waals surface area contributed by atoms with Crippen LogP contribution in [0.4, 0.5) is 0 Å². The van der Waals surface area contributed by atoms with Crippen LogP contribution in [0.1, 0.15) is 5.56 Å². The highest BCUT2D eigenvalue weighted by atomic mass is 79.9. The van der Waals surface area contributed by atoms with Crippen molar-refractivity contribution in [2.45, 2.75) is 11.8 Å². The Balaban J connectivity index is 0.00000361. The fourth-order valence-electron chi connectivity index (χ4n) is 1.53. The molecule has 0 saturated heterocycles. The van der Waals surface area contributed by atoms with Crippen molar-refractivity contribution in [3.05, 3.63) is 28.2 Å². The molecule has 116 valence electrons. The topological polar surface area (TPSA) is 67.4 Å². The molecule has 0 spiro atoms. The van der Waals surface area contributed by atoms with Crippen molar-refractivity contribution < 1.29 is 13.2 Å². The standard InChI is InChI=1S/C12H19BrN2O3S.ClH/c1-10-11(13)4-3-5-12(10)19(16,17)15-7-6-14-8-9-18-2;/h3-5,14-15H,6-9H2,1-2H3;1H. The molecule has 2 N–H and O–H groups in total. The first-order valence-electron chi connectivity index (χ1n) is 5.93. The predicted octanol–water partition coefficient (Wildman–Crippen LogP) is 1.69. The second-order valence-electron chi connectivity index (χ2n) is 4.00. The summed E-state index contributed by atoms with van der Waals surface area (Å²) in [5.41, 5.74) is 0.711. The third-order valence-electron chi connectivity index (χ3n) is 2.58. The Labute approximate surface area is 135 Å². The van der Waals surface area contributed by atoms with Crippen molar-refractivity contribution in [1.29, 1.82) is 0 Å². The molecule has 5 nitrogen and oxygen atoms in total. The summed E-state index contributed by atoms with van der Waals surface area (Å²) in [7, 11) is -1.83. The van der Waals surface area contributed by atoms with Crippen LogP contribution in [0, 0.1) is 6.92 Å². The SMILES string of the molecule is COCCNCCNS(=O)(=O)c1cccc(Br)c1C.Cl. The molecular formula is C12H20BrClN2O3S. The number of sulfonamides is 1. The number of methoxy groups -OCH3 is 1.